The Hall–Kier alpha value is -3.93. The quantitative estimate of drug-likeness (QED) is 0.276. The molecule has 5 rings (SSSR count). The van der Waals surface area contributed by atoms with Gasteiger partial charge in [0.25, 0.3) is 5.91 Å². The molecule has 0 bridgehead atoms. The molecule has 1 amide bonds. The Balaban J connectivity index is 1.53. The van der Waals surface area contributed by atoms with Crippen molar-refractivity contribution in [2.75, 3.05) is 25.5 Å². The number of thiazole rings is 1. The summed E-state index contributed by atoms with van der Waals surface area (Å²) in [5, 5.41) is 3.96. The summed E-state index contributed by atoms with van der Waals surface area (Å²) in [6.45, 7) is 2.16. The van der Waals surface area contributed by atoms with Crippen molar-refractivity contribution in [1.29, 1.82) is 0 Å². The van der Waals surface area contributed by atoms with E-state index in [-0.39, 0.29) is 27.6 Å². The Morgan fingerprint density at radius 3 is 2.68 bits per heavy atom. The third kappa shape index (κ3) is 6.53. The van der Waals surface area contributed by atoms with Gasteiger partial charge in [-0.15, -0.1) is 0 Å². The average Bonchev–Trinajstić information content (AvgIpc) is 3.34. The molecule has 0 unspecified atom stereocenters. The van der Waals surface area contributed by atoms with Crippen LogP contribution in [0.2, 0.25) is 5.02 Å². The Morgan fingerprint density at radius 1 is 1.27 bits per heavy atom. The third-order valence-corrected chi connectivity index (χ3v) is 7.66. The maximum Gasteiger partial charge on any atom is 0.387 e. The Morgan fingerprint density at radius 2 is 2.02 bits per heavy atom. The van der Waals surface area contributed by atoms with Gasteiger partial charge < -0.3 is 15.0 Å². The lowest BCUT2D eigenvalue weighted by Gasteiger charge is -2.34. The summed E-state index contributed by atoms with van der Waals surface area (Å²) in [5.41, 5.74) is 2.37. The lowest BCUT2D eigenvalue weighted by atomic mass is 10.1. The van der Waals surface area contributed by atoms with Crippen LogP contribution >= 0.6 is 22.9 Å². The Labute approximate surface area is 243 Å². The zero-order valence-electron chi connectivity index (χ0n) is 21.9. The average molecular weight is 600 g/mol. The lowest BCUT2D eigenvalue weighted by molar-refractivity contribution is -0.112. The van der Waals surface area contributed by atoms with E-state index in [9.17, 15) is 18.0 Å². The minimum atomic E-state index is -3.08. The fourth-order valence-electron chi connectivity index (χ4n) is 4.40. The standard InChI is InChI=1S/C29H25ClF3N5O2S/c1-3-21(25-34-11-4-12-37(25)2)26(39)36-28-24(22-13-19(30)9-10-23(22)40-29(32)33)35-27(41-28)18-7-5-17(6-8-18)14-38-15-20(31)16-38/h3-13,20,29H,1,14-16H2,2H3,(H,36,39). The van der Waals surface area contributed by atoms with E-state index in [0.717, 1.165) is 11.1 Å². The monoisotopic (exact) mass is 599 g/mol. The molecule has 2 aliphatic rings. The van der Waals surface area contributed by atoms with Crippen LogP contribution in [-0.2, 0) is 11.3 Å². The molecule has 1 fully saturated rings. The molecule has 7 nitrogen and oxygen atoms in total. The number of hydrogen-bond donors (Lipinski definition) is 1. The Bertz CT molecular complexity index is 1550. The molecule has 212 valence electrons. The van der Waals surface area contributed by atoms with Gasteiger partial charge >= 0.3 is 6.61 Å². The van der Waals surface area contributed by atoms with Crippen LogP contribution in [0.15, 0.2) is 83.8 Å². The molecule has 3 heterocycles. The first-order chi connectivity index (χ1) is 19.7. The minimum Gasteiger partial charge on any atom is -0.434 e. The number of carbonyl (C=O) groups excluding carboxylic acids is 1. The lowest BCUT2D eigenvalue weighted by Crippen LogP contribution is -2.47. The first-order valence-corrected chi connectivity index (χ1v) is 13.7. The van der Waals surface area contributed by atoms with Gasteiger partial charge in [-0.2, -0.15) is 8.78 Å². The number of benzene rings is 2. The minimum absolute atomic E-state index is 0.142. The highest BCUT2D eigenvalue weighted by Gasteiger charge is 2.26. The van der Waals surface area contributed by atoms with Gasteiger partial charge in [-0.25, -0.2) is 14.4 Å². The number of halogens is 4. The summed E-state index contributed by atoms with van der Waals surface area (Å²) in [5.74, 6) is -0.273. The summed E-state index contributed by atoms with van der Waals surface area (Å²) < 4.78 is 44.5. The van der Waals surface area contributed by atoms with E-state index in [1.54, 1.807) is 30.4 Å². The molecule has 1 N–H and O–H groups in total. The fraction of sp³-hybridized carbons (Fsp3) is 0.207. The first-order valence-electron chi connectivity index (χ1n) is 12.5. The molecular formula is C29H25ClF3N5O2S. The zero-order chi connectivity index (χ0) is 29.1. The van der Waals surface area contributed by atoms with Crippen LogP contribution in [-0.4, -0.2) is 59.8 Å². The van der Waals surface area contributed by atoms with E-state index in [2.05, 4.69) is 16.9 Å². The summed E-state index contributed by atoms with van der Waals surface area (Å²) in [6.07, 6.45) is 5.65. The molecule has 1 aromatic heterocycles. The van der Waals surface area contributed by atoms with E-state index in [1.807, 2.05) is 29.2 Å². The van der Waals surface area contributed by atoms with Crippen molar-refractivity contribution in [3.8, 4) is 27.6 Å². The number of alkyl halides is 3. The predicted molar refractivity (Wildman–Crippen MR) is 156 cm³/mol. The largest absolute Gasteiger partial charge is 0.434 e. The third-order valence-electron chi connectivity index (χ3n) is 6.40. The van der Waals surface area contributed by atoms with Gasteiger partial charge in [0.05, 0.1) is 5.57 Å². The zero-order valence-corrected chi connectivity index (χ0v) is 23.4. The van der Waals surface area contributed by atoms with Gasteiger partial charge in [-0.05, 0) is 29.8 Å². The first kappa shape index (κ1) is 28.6. The number of nitrogens with zero attached hydrogens (tertiary/aromatic N) is 4. The van der Waals surface area contributed by atoms with Crippen LogP contribution < -0.4 is 10.1 Å². The number of anilines is 1. The molecule has 0 saturated carbocycles. The van der Waals surface area contributed by atoms with Crippen molar-refractivity contribution in [3.05, 3.63) is 89.4 Å². The van der Waals surface area contributed by atoms with Crippen molar-refractivity contribution < 1.29 is 22.7 Å². The molecule has 2 aromatic carbocycles. The summed E-state index contributed by atoms with van der Waals surface area (Å²) in [4.78, 5) is 26.1. The van der Waals surface area contributed by atoms with Gasteiger partial charge in [0.2, 0.25) is 0 Å². The number of carbonyl (C=O) groups is 1. The molecule has 2 aliphatic heterocycles. The number of hydrogen-bond acceptors (Lipinski definition) is 7. The number of amides is 1. The molecule has 41 heavy (non-hydrogen) atoms. The van der Waals surface area contributed by atoms with Crippen molar-refractivity contribution in [3.63, 3.8) is 0 Å². The van der Waals surface area contributed by atoms with Gasteiger partial charge in [0, 0.05) is 55.2 Å². The van der Waals surface area contributed by atoms with Gasteiger partial charge in [-0.1, -0.05) is 59.9 Å². The highest BCUT2D eigenvalue weighted by Crippen LogP contribution is 2.43. The summed E-state index contributed by atoms with van der Waals surface area (Å²) in [6, 6.07) is 11.8. The molecule has 0 radical (unpaired) electrons. The number of aromatic nitrogens is 1. The van der Waals surface area contributed by atoms with E-state index >= 15 is 0 Å². The molecular weight excluding hydrogens is 575 g/mol. The van der Waals surface area contributed by atoms with E-state index in [1.165, 1.54) is 35.6 Å². The SMILES string of the molecule is C=CC(C(=O)Nc1sc(-c2ccc(CN3CC(F)C3)cc2)nc1-c1cc(Cl)ccc1OC(F)F)=C1N=CC=CN1C. The van der Waals surface area contributed by atoms with E-state index in [4.69, 9.17) is 21.3 Å². The van der Waals surface area contributed by atoms with Crippen LogP contribution in [0, 0.1) is 0 Å². The highest BCUT2D eigenvalue weighted by molar-refractivity contribution is 7.19. The second-order valence-electron chi connectivity index (χ2n) is 9.33. The number of ether oxygens (including phenoxy) is 1. The van der Waals surface area contributed by atoms with Gasteiger partial charge in [0.1, 0.15) is 33.4 Å². The van der Waals surface area contributed by atoms with Gasteiger partial charge in [0.15, 0.2) is 0 Å². The van der Waals surface area contributed by atoms with Crippen LogP contribution in [0.1, 0.15) is 5.56 Å². The van der Waals surface area contributed by atoms with E-state index < -0.39 is 18.7 Å². The van der Waals surface area contributed by atoms with Crippen molar-refractivity contribution in [1.82, 2.24) is 14.8 Å². The second kappa shape index (κ2) is 12.3. The van der Waals surface area contributed by atoms with Crippen molar-refractivity contribution in [2.24, 2.45) is 4.99 Å². The molecule has 0 aliphatic carbocycles. The smallest absolute Gasteiger partial charge is 0.387 e. The topological polar surface area (TPSA) is 70.1 Å². The van der Waals surface area contributed by atoms with Crippen molar-refractivity contribution >= 4 is 40.1 Å². The normalized spacial score (nSPS) is 16.6. The van der Waals surface area contributed by atoms with E-state index in [0.29, 0.717) is 35.5 Å². The maximum absolute atomic E-state index is 13.5. The molecule has 1 saturated heterocycles. The van der Waals surface area contributed by atoms with Crippen LogP contribution in [0.25, 0.3) is 21.8 Å². The van der Waals surface area contributed by atoms with Crippen LogP contribution in [0.5, 0.6) is 5.75 Å². The number of allylic oxidation sites excluding steroid dienone is 1. The van der Waals surface area contributed by atoms with Gasteiger partial charge in [-0.3, -0.25) is 9.69 Å². The Kier molecular flexibility index (Phi) is 8.57. The number of nitrogens with one attached hydrogen (secondary N) is 1. The number of rotatable bonds is 9. The predicted octanol–water partition coefficient (Wildman–Crippen LogP) is 6.75. The number of likely N-dealkylation sites (tertiary alicyclic amines) is 1. The summed E-state index contributed by atoms with van der Waals surface area (Å²) >= 11 is 7.40. The maximum atomic E-state index is 13.5. The van der Waals surface area contributed by atoms with Crippen LogP contribution in [0.4, 0.5) is 18.2 Å². The highest BCUT2D eigenvalue weighted by atomic mass is 35.5. The fourth-order valence-corrected chi connectivity index (χ4v) is 5.55. The second-order valence-corrected chi connectivity index (χ2v) is 10.8. The molecule has 3 aromatic rings. The number of aliphatic imine (C=N–C) groups is 1. The molecule has 12 heteroatoms. The molecule has 0 spiro atoms. The van der Waals surface area contributed by atoms with Crippen LogP contribution in [0.3, 0.4) is 0 Å². The van der Waals surface area contributed by atoms with Crippen molar-refractivity contribution in [2.45, 2.75) is 19.3 Å². The summed E-state index contributed by atoms with van der Waals surface area (Å²) in [7, 11) is 1.75. The molecule has 0 atom stereocenters.